The quantitative estimate of drug-likeness (QED) is 0.622. The standard InChI is InChI=1S/C24H25N3O4S/c1-15-11-16(2)20(17(3)12-15)14-27-13-18-7-4-5-8-19(18)23(27)24(29)26-32(30,31)22-10-6-9-21(28)25-22/h4-12,23H,13-14H2,1-3H3,(H,25,28)(H,26,29). The van der Waals surface area contributed by atoms with Gasteiger partial charge in [-0.25, -0.2) is 4.72 Å². The van der Waals surface area contributed by atoms with Crippen LogP contribution in [0.2, 0.25) is 0 Å². The van der Waals surface area contributed by atoms with Gasteiger partial charge in [-0.05, 0) is 54.7 Å². The van der Waals surface area contributed by atoms with Crippen molar-refractivity contribution in [1.29, 1.82) is 0 Å². The fourth-order valence-corrected chi connectivity index (χ4v) is 5.38. The lowest BCUT2D eigenvalue weighted by molar-refractivity contribution is -0.124. The highest BCUT2D eigenvalue weighted by atomic mass is 32.2. The van der Waals surface area contributed by atoms with Crippen molar-refractivity contribution < 1.29 is 13.2 Å². The van der Waals surface area contributed by atoms with Gasteiger partial charge in [0.2, 0.25) is 5.56 Å². The number of aromatic nitrogens is 1. The van der Waals surface area contributed by atoms with Crippen LogP contribution in [-0.2, 0) is 27.9 Å². The maximum absolute atomic E-state index is 13.3. The minimum absolute atomic E-state index is 0.346. The first-order chi connectivity index (χ1) is 15.2. The summed E-state index contributed by atoms with van der Waals surface area (Å²) < 4.78 is 27.7. The lowest BCUT2D eigenvalue weighted by Crippen LogP contribution is -2.40. The summed E-state index contributed by atoms with van der Waals surface area (Å²) in [4.78, 5) is 29.1. The van der Waals surface area contributed by atoms with Crippen LogP contribution in [0, 0.1) is 20.8 Å². The predicted octanol–water partition coefficient (Wildman–Crippen LogP) is 2.86. The molecule has 0 aliphatic carbocycles. The smallest absolute Gasteiger partial charge is 0.279 e. The molecule has 3 aromatic rings. The molecule has 4 rings (SSSR count). The molecule has 8 heteroatoms. The number of fused-ring (bicyclic) bond motifs is 1. The van der Waals surface area contributed by atoms with Crippen molar-refractivity contribution in [2.45, 2.75) is 44.9 Å². The first kappa shape index (κ1) is 22.0. The summed E-state index contributed by atoms with van der Waals surface area (Å²) in [5.74, 6) is -0.651. The molecule has 166 valence electrons. The predicted molar refractivity (Wildman–Crippen MR) is 121 cm³/mol. The summed E-state index contributed by atoms with van der Waals surface area (Å²) >= 11 is 0. The van der Waals surface area contributed by atoms with Crippen LogP contribution in [0.3, 0.4) is 0 Å². The monoisotopic (exact) mass is 451 g/mol. The zero-order valence-corrected chi connectivity index (χ0v) is 19.0. The fraction of sp³-hybridized carbons (Fsp3) is 0.250. The van der Waals surface area contributed by atoms with Crippen LogP contribution < -0.4 is 10.3 Å². The van der Waals surface area contributed by atoms with E-state index in [2.05, 4.69) is 21.8 Å². The molecule has 1 unspecified atom stereocenters. The van der Waals surface area contributed by atoms with Gasteiger partial charge in [-0.15, -0.1) is 0 Å². The van der Waals surface area contributed by atoms with E-state index in [9.17, 15) is 18.0 Å². The average Bonchev–Trinajstić information content (AvgIpc) is 3.08. The summed E-state index contributed by atoms with van der Waals surface area (Å²) in [7, 11) is -4.22. The van der Waals surface area contributed by atoms with Crippen LogP contribution in [-0.4, -0.2) is 24.2 Å². The van der Waals surface area contributed by atoms with E-state index in [-0.39, 0.29) is 5.03 Å². The number of hydrogen-bond donors (Lipinski definition) is 2. The van der Waals surface area contributed by atoms with Gasteiger partial charge in [0.25, 0.3) is 15.9 Å². The third-order valence-corrected chi connectivity index (χ3v) is 7.09. The molecule has 0 fully saturated rings. The third kappa shape index (κ3) is 4.24. The van der Waals surface area contributed by atoms with Crippen LogP contribution in [0.5, 0.6) is 0 Å². The number of benzene rings is 2. The number of amides is 1. The number of nitrogens with zero attached hydrogens (tertiary/aromatic N) is 1. The molecule has 0 spiro atoms. The Morgan fingerprint density at radius 2 is 1.75 bits per heavy atom. The summed E-state index contributed by atoms with van der Waals surface area (Å²) in [5.41, 5.74) is 5.77. The van der Waals surface area contributed by atoms with Crippen molar-refractivity contribution in [3.63, 3.8) is 0 Å². The molecule has 32 heavy (non-hydrogen) atoms. The Labute approximate surface area is 187 Å². The Morgan fingerprint density at radius 3 is 2.44 bits per heavy atom. The highest BCUT2D eigenvalue weighted by Crippen LogP contribution is 2.36. The number of aromatic amines is 1. The van der Waals surface area contributed by atoms with Gasteiger partial charge in [0.15, 0.2) is 5.03 Å². The Bertz CT molecular complexity index is 1340. The van der Waals surface area contributed by atoms with E-state index in [0.717, 1.165) is 27.8 Å². The molecule has 1 atom stereocenters. The fourth-order valence-electron chi connectivity index (χ4n) is 4.40. The lowest BCUT2D eigenvalue weighted by Gasteiger charge is -2.26. The van der Waals surface area contributed by atoms with Crippen LogP contribution >= 0.6 is 0 Å². The zero-order valence-electron chi connectivity index (χ0n) is 18.2. The Kier molecular flexibility index (Phi) is 5.75. The van der Waals surface area contributed by atoms with E-state index in [1.165, 1.54) is 23.8 Å². The molecule has 2 aromatic carbocycles. The van der Waals surface area contributed by atoms with Crippen molar-refractivity contribution in [2.75, 3.05) is 0 Å². The Balaban J connectivity index is 1.67. The largest absolute Gasteiger partial charge is 0.311 e. The minimum Gasteiger partial charge on any atom is -0.311 e. The number of sulfonamides is 1. The molecule has 1 aliphatic heterocycles. The SMILES string of the molecule is Cc1cc(C)c(CN2Cc3ccccc3C2C(=O)NS(=O)(=O)c2cccc(=O)[nH]2)c(C)c1. The molecule has 0 saturated carbocycles. The van der Waals surface area contributed by atoms with Crippen molar-refractivity contribution in [1.82, 2.24) is 14.6 Å². The number of carbonyl (C=O) groups excluding carboxylic acids is 1. The van der Waals surface area contributed by atoms with Crippen molar-refractivity contribution in [3.8, 4) is 0 Å². The van der Waals surface area contributed by atoms with Gasteiger partial charge < -0.3 is 4.98 Å². The van der Waals surface area contributed by atoms with E-state index in [1.807, 2.05) is 49.9 Å². The zero-order chi connectivity index (χ0) is 23.0. The molecule has 7 nitrogen and oxygen atoms in total. The minimum atomic E-state index is -4.22. The van der Waals surface area contributed by atoms with Gasteiger partial charge in [-0.1, -0.05) is 48.0 Å². The summed E-state index contributed by atoms with van der Waals surface area (Å²) in [6, 6.07) is 14.8. The van der Waals surface area contributed by atoms with Gasteiger partial charge in [-0.2, -0.15) is 8.42 Å². The number of rotatable bonds is 5. The van der Waals surface area contributed by atoms with E-state index in [1.54, 1.807) is 0 Å². The van der Waals surface area contributed by atoms with Crippen molar-refractivity contribution >= 4 is 15.9 Å². The Hall–Kier alpha value is -3.23. The number of H-pyrrole nitrogens is 1. The second-order valence-electron chi connectivity index (χ2n) is 8.23. The number of carbonyl (C=O) groups is 1. The topological polar surface area (TPSA) is 99.3 Å². The molecule has 2 heterocycles. The number of hydrogen-bond acceptors (Lipinski definition) is 5. The number of aryl methyl sites for hydroxylation is 3. The Morgan fingerprint density at radius 1 is 1.06 bits per heavy atom. The van der Waals surface area contributed by atoms with Crippen molar-refractivity contribution in [2.24, 2.45) is 0 Å². The first-order valence-corrected chi connectivity index (χ1v) is 11.8. The number of nitrogens with one attached hydrogen (secondary N) is 2. The normalized spacial score (nSPS) is 16.0. The molecule has 1 amide bonds. The van der Waals surface area contributed by atoms with Crippen LogP contribution in [0.1, 0.15) is 39.4 Å². The second kappa shape index (κ2) is 8.37. The molecule has 0 bridgehead atoms. The maximum atomic E-state index is 13.3. The lowest BCUT2D eigenvalue weighted by atomic mass is 9.99. The second-order valence-corrected chi connectivity index (χ2v) is 9.88. The average molecular weight is 452 g/mol. The maximum Gasteiger partial charge on any atom is 0.279 e. The van der Waals surface area contributed by atoms with Crippen molar-refractivity contribution in [3.05, 3.63) is 98.3 Å². The van der Waals surface area contributed by atoms with E-state index in [4.69, 9.17) is 0 Å². The summed E-state index contributed by atoms with van der Waals surface area (Å²) in [5, 5.41) is -0.346. The van der Waals surface area contributed by atoms with Gasteiger partial charge in [0.1, 0.15) is 6.04 Å². The number of pyridine rings is 1. The van der Waals surface area contributed by atoms with Crippen LogP contribution in [0.15, 0.2) is 64.4 Å². The van der Waals surface area contributed by atoms with Gasteiger partial charge in [-0.3, -0.25) is 14.5 Å². The van der Waals surface area contributed by atoms with Gasteiger partial charge >= 0.3 is 0 Å². The van der Waals surface area contributed by atoms with E-state index >= 15 is 0 Å². The molecule has 2 N–H and O–H groups in total. The van der Waals surface area contributed by atoms with Crippen LogP contribution in [0.4, 0.5) is 0 Å². The summed E-state index contributed by atoms with van der Waals surface area (Å²) in [6.45, 7) is 7.17. The molecule has 0 radical (unpaired) electrons. The highest BCUT2D eigenvalue weighted by Gasteiger charge is 2.37. The molecule has 1 aromatic heterocycles. The first-order valence-electron chi connectivity index (χ1n) is 10.3. The molecule has 1 aliphatic rings. The third-order valence-electron chi connectivity index (χ3n) is 5.80. The van der Waals surface area contributed by atoms with E-state index < -0.39 is 27.5 Å². The van der Waals surface area contributed by atoms with Crippen LogP contribution in [0.25, 0.3) is 0 Å². The molecular weight excluding hydrogens is 426 g/mol. The van der Waals surface area contributed by atoms with E-state index in [0.29, 0.717) is 13.1 Å². The highest BCUT2D eigenvalue weighted by molar-refractivity contribution is 7.90. The van der Waals surface area contributed by atoms with Gasteiger partial charge in [0.05, 0.1) is 0 Å². The molecule has 0 saturated heterocycles. The summed E-state index contributed by atoms with van der Waals surface area (Å²) in [6.07, 6.45) is 0. The van der Waals surface area contributed by atoms with Gasteiger partial charge in [0, 0.05) is 19.2 Å². The molecular formula is C24H25N3O4S.